The van der Waals surface area contributed by atoms with E-state index in [1.54, 1.807) is 11.8 Å². The highest BCUT2D eigenvalue weighted by Gasteiger charge is 2.47. The smallest absolute Gasteiger partial charge is 0.320 e. The van der Waals surface area contributed by atoms with Crippen molar-refractivity contribution in [2.45, 2.75) is 50.0 Å². The summed E-state index contributed by atoms with van der Waals surface area (Å²) in [6.45, 7) is 6.21. The van der Waals surface area contributed by atoms with Gasteiger partial charge in [-0.1, -0.05) is 27.2 Å². The average molecular weight is 202 g/mol. The average Bonchev–Trinajstić information content (AvgIpc) is 2.32. The fourth-order valence-electron chi connectivity index (χ4n) is 2.11. The molecule has 0 spiro atoms. The summed E-state index contributed by atoms with van der Waals surface area (Å²) in [6, 6.07) is 0. The van der Waals surface area contributed by atoms with E-state index in [9.17, 15) is 9.90 Å². The highest BCUT2D eigenvalue weighted by atomic mass is 32.2. The van der Waals surface area contributed by atoms with Gasteiger partial charge in [-0.15, -0.1) is 11.8 Å². The molecule has 76 valence electrons. The number of hydrogen-bond acceptors (Lipinski definition) is 2. The number of hydrogen-bond donors (Lipinski definition) is 1. The normalized spacial score (nSPS) is 34.0. The van der Waals surface area contributed by atoms with Crippen LogP contribution in [0.4, 0.5) is 0 Å². The van der Waals surface area contributed by atoms with E-state index in [-0.39, 0.29) is 0 Å². The number of carbonyl (C=O) groups is 1. The number of aliphatic carboxylic acids is 1. The lowest BCUT2D eigenvalue weighted by molar-refractivity contribution is -0.140. The lowest BCUT2D eigenvalue weighted by Gasteiger charge is -2.30. The molecule has 2 unspecified atom stereocenters. The Morgan fingerprint density at radius 3 is 2.54 bits per heavy atom. The van der Waals surface area contributed by atoms with Crippen LogP contribution in [0.1, 0.15) is 40.0 Å². The Morgan fingerprint density at radius 2 is 2.23 bits per heavy atom. The molecular formula is C10H18O2S. The molecule has 3 heteroatoms. The summed E-state index contributed by atoms with van der Waals surface area (Å²) in [5.41, 5.74) is 0. The summed E-state index contributed by atoms with van der Waals surface area (Å²) < 4.78 is -0.492. The number of carboxylic acid groups (broad SMARTS) is 1. The number of thioether (sulfide) groups is 1. The minimum atomic E-state index is -0.615. The van der Waals surface area contributed by atoms with E-state index in [1.165, 1.54) is 0 Å². The number of rotatable bonds is 3. The van der Waals surface area contributed by atoms with Crippen LogP contribution >= 0.6 is 11.8 Å². The second-order valence-electron chi connectivity index (χ2n) is 4.15. The van der Waals surface area contributed by atoms with E-state index in [1.807, 2.05) is 0 Å². The van der Waals surface area contributed by atoms with Crippen LogP contribution < -0.4 is 0 Å². The molecule has 0 aromatic heterocycles. The van der Waals surface area contributed by atoms with Gasteiger partial charge in [0.15, 0.2) is 0 Å². The molecule has 0 aromatic carbocycles. The molecule has 0 bridgehead atoms. The summed E-state index contributed by atoms with van der Waals surface area (Å²) in [6.07, 6.45) is 2.96. The first-order valence-electron chi connectivity index (χ1n) is 4.90. The molecular weight excluding hydrogens is 184 g/mol. The molecule has 0 heterocycles. The van der Waals surface area contributed by atoms with Gasteiger partial charge in [-0.05, 0) is 18.8 Å². The molecule has 1 N–H and O–H groups in total. The van der Waals surface area contributed by atoms with Gasteiger partial charge in [-0.25, -0.2) is 0 Å². The fourth-order valence-corrected chi connectivity index (χ4v) is 3.67. The molecule has 0 saturated heterocycles. The Bertz CT molecular complexity index is 203. The van der Waals surface area contributed by atoms with E-state index in [2.05, 4.69) is 20.8 Å². The predicted octanol–water partition coefficient (Wildman–Crippen LogP) is 2.77. The molecule has 1 aliphatic rings. The summed E-state index contributed by atoms with van der Waals surface area (Å²) in [4.78, 5) is 11.2. The van der Waals surface area contributed by atoms with Crippen molar-refractivity contribution in [3.05, 3.63) is 0 Å². The Morgan fingerprint density at radius 1 is 1.62 bits per heavy atom. The van der Waals surface area contributed by atoms with Crippen molar-refractivity contribution in [2.75, 3.05) is 0 Å². The third-order valence-electron chi connectivity index (χ3n) is 2.79. The van der Waals surface area contributed by atoms with Gasteiger partial charge in [0.25, 0.3) is 0 Å². The minimum Gasteiger partial charge on any atom is -0.480 e. The van der Waals surface area contributed by atoms with Gasteiger partial charge in [-0.3, -0.25) is 4.79 Å². The Kier molecular flexibility index (Phi) is 3.28. The van der Waals surface area contributed by atoms with E-state index >= 15 is 0 Å². The molecule has 1 fully saturated rings. The number of carboxylic acids is 1. The fraction of sp³-hybridized carbons (Fsp3) is 0.900. The van der Waals surface area contributed by atoms with Crippen LogP contribution in [0.2, 0.25) is 0 Å². The molecule has 1 rings (SSSR count). The van der Waals surface area contributed by atoms with Crippen LogP contribution in [0, 0.1) is 5.92 Å². The molecule has 1 saturated carbocycles. The molecule has 0 amide bonds. The Hall–Kier alpha value is -0.180. The first kappa shape index (κ1) is 10.9. The van der Waals surface area contributed by atoms with Crippen LogP contribution in [-0.4, -0.2) is 21.1 Å². The molecule has 0 aliphatic heterocycles. The second kappa shape index (κ2) is 3.91. The zero-order valence-electron chi connectivity index (χ0n) is 8.54. The van der Waals surface area contributed by atoms with Gasteiger partial charge in [-0.2, -0.15) is 0 Å². The van der Waals surface area contributed by atoms with Gasteiger partial charge >= 0.3 is 5.97 Å². The maximum atomic E-state index is 11.2. The second-order valence-corrected chi connectivity index (χ2v) is 6.06. The SMILES string of the molecule is CC(C)SC1(C(=O)O)CCCC1C. The van der Waals surface area contributed by atoms with Crippen molar-refractivity contribution < 1.29 is 9.90 Å². The predicted molar refractivity (Wildman–Crippen MR) is 56.1 cm³/mol. The molecule has 0 radical (unpaired) electrons. The molecule has 2 nitrogen and oxygen atoms in total. The van der Waals surface area contributed by atoms with Crippen molar-refractivity contribution in [1.82, 2.24) is 0 Å². The molecule has 13 heavy (non-hydrogen) atoms. The quantitative estimate of drug-likeness (QED) is 0.764. The Balaban J connectivity index is 2.80. The van der Waals surface area contributed by atoms with E-state index in [4.69, 9.17) is 0 Å². The lowest BCUT2D eigenvalue weighted by atomic mass is 9.97. The van der Waals surface area contributed by atoms with Gasteiger partial charge in [0, 0.05) is 5.25 Å². The highest BCUT2D eigenvalue weighted by Crippen LogP contribution is 2.47. The monoisotopic (exact) mass is 202 g/mol. The van der Waals surface area contributed by atoms with Crippen molar-refractivity contribution in [2.24, 2.45) is 5.92 Å². The maximum Gasteiger partial charge on any atom is 0.320 e. The minimum absolute atomic E-state index is 0.317. The van der Waals surface area contributed by atoms with E-state index in [0.29, 0.717) is 11.2 Å². The third kappa shape index (κ3) is 2.01. The van der Waals surface area contributed by atoms with Crippen molar-refractivity contribution in [1.29, 1.82) is 0 Å². The van der Waals surface area contributed by atoms with Gasteiger partial charge < -0.3 is 5.11 Å². The summed E-state index contributed by atoms with van der Waals surface area (Å²) in [5, 5.41) is 9.66. The highest BCUT2D eigenvalue weighted by molar-refractivity contribution is 8.02. The van der Waals surface area contributed by atoms with Gasteiger partial charge in [0.05, 0.1) is 0 Å². The van der Waals surface area contributed by atoms with Crippen molar-refractivity contribution >= 4 is 17.7 Å². The van der Waals surface area contributed by atoms with Crippen molar-refractivity contribution in [3.8, 4) is 0 Å². The van der Waals surface area contributed by atoms with Crippen molar-refractivity contribution in [3.63, 3.8) is 0 Å². The van der Waals surface area contributed by atoms with E-state index in [0.717, 1.165) is 19.3 Å². The summed E-state index contributed by atoms with van der Waals surface area (Å²) >= 11 is 1.63. The maximum absolute atomic E-state index is 11.2. The van der Waals surface area contributed by atoms with Crippen LogP contribution in [0.25, 0.3) is 0 Å². The topological polar surface area (TPSA) is 37.3 Å². The largest absolute Gasteiger partial charge is 0.480 e. The van der Waals surface area contributed by atoms with Crippen LogP contribution in [0.5, 0.6) is 0 Å². The van der Waals surface area contributed by atoms with Gasteiger partial charge in [0.2, 0.25) is 0 Å². The first-order chi connectivity index (χ1) is 5.99. The Labute approximate surface area is 84.1 Å². The third-order valence-corrected chi connectivity index (χ3v) is 4.46. The molecule has 2 atom stereocenters. The lowest BCUT2D eigenvalue weighted by Crippen LogP contribution is -2.38. The summed E-state index contributed by atoms with van der Waals surface area (Å²) in [5.74, 6) is -0.298. The molecule has 0 aromatic rings. The van der Waals surface area contributed by atoms with Crippen LogP contribution in [-0.2, 0) is 4.79 Å². The van der Waals surface area contributed by atoms with Crippen LogP contribution in [0.3, 0.4) is 0 Å². The summed E-state index contributed by atoms with van der Waals surface area (Å²) in [7, 11) is 0. The first-order valence-corrected chi connectivity index (χ1v) is 5.78. The van der Waals surface area contributed by atoms with E-state index < -0.39 is 10.7 Å². The molecule has 1 aliphatic carbocycles. The standard InChI is InChI=1S/C10H18O2S/c1-7(2)13-10(9(11)12)6-4-5-8(10)3/h7-8H,4-6H2,1-3H3,(H,11,12). The van der Waals surface area contributed by atoms with Crippen LogP contribution in [0.15, 0.2) is 0 Å². The zero-order chi connectivity index (χ0) is 10.1. The zero-order valence-corrected chi connectivity index (χ0v) is 9.36. The van der Waals surface area contributed by atoms with Gasteiger partial charge in [0.1, 0.15) is 4.75 Å².